The Bertz CT molecular complexity index is 982. The Labute approximate surface area is 195 Å². The molecule has 4 rings (SSSR count). The Kier molecular flexibility index (Phi) is 6.75. The van der Waals surface area contributed by atoms with Gasteiger partial charge in [-0.3, -0.25) is 14.4 Å². The molecular formula is C22H25Cl2F3N4O. The summed E-state index contributed by atoms with van der Waals surface area (Å²) in [5, 5.41) is 4.81. The van der Waals surface area contributed by atoms with Crippen molar-refractivity contribution in [1.29, 1.82) is 0 Å². The summed E-state index contributed by atoms with van der Waals surface area (Å²) >= 11 is 12.1. The second-order valence-corrected chi connectivity index (χ2v) is 9.47. The molecule has 1 aliphatic heterocycles. The molecule has 10 heteroatoms. The van der Waals surface area contributed by atoms with E-state index in [9.17, 15) is 18.0 Å². The van der Waals surface area contributed by atoms with E-state index in [0.717, 1.165) is 24.5 Å². The van der Waals surface area contributed by atoms with Gasteiger partial charge in [0, 0.05) is 44.3 Å². The van der Waals surface area contributed by atoms with Crippen LogP contribution in [-0.4, -0.2) is 51.7 Å². The highest BCUT2D eigenvalue weighted by Crippen LogP contribution is 2.42. The minimum atomic E-state index is -4.48. The first-order chi connectivity index (χ1) is 15.1. The van der Waals surface area contributed by atoms with E-state index in [1.54, 1.807) is 17.9 Å². The number of nitrogens with zero attached hydrogens (tertiary/aromatic N) is 4. The smallest absolute Gasteiger partial charge is 0.340 e. The average molecular weight is 489 g/mol. The van der Waals surface area contributed by atoms with E-state index < -0.39 is 17.8 Å². The van der Waals surface area contributed by atoms with Crippen molar-refractivity contribution >= 4 is 29.1 Å². The monoisotopic (exact) mass is 488 g/mol. The van der Waals surface area contributed by atoms with Crippen molar-refractivity contribution in [3.63, 3.8) is 0 Å². The fourth-order valence-corrected chi connectivity index (χ4v) is 4.42. The van der Waals surface area contributed by atoms with Crippen LogP contribution in [-0.2, 0) is 24.1 Å². The molecule has 1 atom stereocenters. The van der Waals surface area contributed by atoms with Gasteiger partial charge in [-0.15, -0.1) is 0 Å². The first-order valence-corrected chi connectivity index (χ1v) is 11.5. The Morgan fingerprint density at radius 3 is 2.41 bits per heavy atom. The van der Waals surface area contributed by atoms with Crippen molar-refractivity contribution in [2.75, 3.05) is 26.2 Å². The normalized spacial score (nSPS) is 18.8. The minimum Gasteiger partial charge on any atom is -0.340 e. The molecule has 0 radical (unpaired) electrons. The van der Waals surface area contributed by atoms with Crippen LogP contribution in [0.2, 0.25) is 10.0 Å². The van der Waals surface area contributed by atoms with Crippen LogP contribution < -0.4 is 0 Å². The summed E-state index contributed by atoms with van der Waals surface area (Å²) < 4.78 is 40.7. The number of benzene rings is 1. The molecule has 1 aliphatic carbocycles. The molecular weight excluding hydrogens is 464 g/mol. The molecule has 2 fully saturated rings. The third-order valence-corrected chi connectivity index (χ3v) is 6.78. The maximum Gasteiger partial charge on any atom is 0.435 e. The number of carbonyl (C=O) groups is 1. The maximum atomic E-state index is 13.1. The van der Waals surface area contributed by atoms with Crippen LogP contribution in [0.15, 0.2) is 24.3 Å². The largest absolute Gasteiger partial charge is 0.435 e. The van der Waals surface area contributed by atoms with E-state index in [-0.39, 0.29) is 18.4 Å². The molecule has 1 saturated carbocycles. The summed E-state index contributed by atoms with van der Waals surface area (Å²) in [6.07, 6.45) is -2.75. The van der Waals surface area contributed by atoms with Crippen LogP contribution in [0.5, 0.6) is 0 Å². The second-order valence-electron chi connectivity index (χ2n) is 8.66. The van der Waals surface area contributed by atoms with E-state index in [4.69, 9.17) is 23.2 Å². The van der Waals surface area contributed by atoms with Crippen LogP contribution in [0.3, 0.4) is 0 Å². The Morgan fingerprint density at radius 2 is 1.81 bits per heavy atom. The van der Waals surface area contributed by atoms with Crippen LogP contribution in [0.4, 0.5) is 13.2 Å². The first-order valence-electron chi connectivity index (χ1n) is 10.7. The predicted octanol–water partition coefficient (Wildman–Crippen LogP) is 5.07. The molecule has 2 aromatic rings. The van der Waals surface area contributed by atoms with Crippen LogP contribution >= 0.6 is 23.2 Å². The second kappa shape index (κ2) is 9.23. The number of carbonyl (C=O) groups excluding carboxylic acids is 1. The molecule has 0 spiro atoms. The molecule has 0 N–H and O–H groups in total. The summed E-state index contributed by atoms with van der Waals surface area (Å²) in [6.45, 7) is 5.21. The van der Waals surface area contributed by atoms with Gasteiger partial charge in [0.25, 0.3) is 0 Å². The highest BCUT2D eigenvalue weighted by molar-refractivity contribution is 6.42. The lowest BCUT2D eigenvalue weighted by molar-refractivity contribution is -0.141. The van der Waals surface area contributed by atoms with Gasteiger partial charge in [-0.25, -0.2) is 0 Å². The van der Waals surface area contributed by atoms with Crippen molar-refractivity contribution in [2.24, 2.45) is 5.92 Å². The van der Waals surface area contributed by atoms with Gasteiger partial charge in [-0.05, 0) is 36.6 Å². The molecule has 2 aliphatic rings. The summed E-state index contributed by atoms with van der Waals surface area (Å²) in [7, 11) is 0. The van der Waals surface area contributed by atoms with Crippen LogP contribution in [0.25, 0.3) is 0 Å². The maximum absolute atomic E-state index is 13.1. The van der Waals surface area contributed by atoms with Gasteiger partial charge in [0.15, 0.2) is 5.69 Å². The third kappa shape index (κ3) is 5.41. The number of hydrogen-bond acceptors (Lipinski definition) is 3. The SMILES string of the molecule is CC(Cn1nc(C(F)(F)F)cc1C1CC1)C(=O)N1CCN(Cc2ccc(Cl)c(Cl)c2)CC1. The van der Waals surface area contributed by atoms with E-state index in [1.807, 2.05) is 12.1 Å². The molecule has 2 heterocycles. The van der Waals surface area contributed by atoms with Crippen LogP contribution in [0.1, 0.15) is 42.6 Å². The molecule has 1 saturated heterocycles. The lowest BCUT2D eigenvalue weighted by atomic mass is 10.1. The fraction of sp³-hybridized carbons (Fsp3) is 0.545. The van der Waals surface area contributed by atoms with Gasteiger partial charge in [-0.2, -0.15) is 18.3 Å². The van der Waals surface area contributed by atoms with E-state index in [2.05, 4.69) is 10.00 Å². The molecule has 1 aromatic carbocycles. The molecule has 1 unspecified atom stereocenters. The zero-order chi connectivity index (χ0) is 23.0. The summed E-state index contributed by atoms with van der Waals surface area (Å²) in [4.78, 5) is 17.0. The van der Waals surface area contributed by atoms with Crippen molar-refractivity contribution in [2.45, 2.75) is 44.9 Å². The van der Waals surface area contributed by atoms with Crippen molar-refractivity contribution in [1.82, 2.24) is 19.6 Å². The average Bonchev–Trinajstić information content (AvgIpc) is 3.49. The van der Waals surface area contributed by atoms with Gasteiger partial charge < -0.3 is 4.90 Å². The van der Waals surface area contributed by atoms with E-state index in [1.165, 1.54) is 4.68 Å². The number of alkyl halides is 3. The summed E-state index contributed by atoms with van der Waals surface area (Å²) in [5.74, 6) is -0.383. The number of rotatable bonds is 6. The van der Waals surface area contributed by atoms with Crippen molar-refractivity contribution < 1.29 is 18.0 Å². The predicted molar refractivity (Wildman–Crippen MR) is 117 cm³/mol. The number of aromatic nitrogens is 2. The molecule has 1 aromatic heterocycles. The number of hydrogen-bond donors (Lipinski definition) is 0. The van der Waals surface area contributed by atoms with Gasteiger partial charge >= 0.3 is 6.18 Å². The standard InChI is InChI=1S/C22H25Cl2F3N4O/c1-14(12-31-19(16-3-4-16)11-20(28-31)22(25,26)27)21(32)30-8-6-29(7-9-30)13-15-2-5-17(23)18(24)10-15/h2,5,10-11,14,16H,3-4,6-9,12-13H2,1H3. The highest BCUT2D eigenvalue weighted by atomic mass is 35.5. The zero-order valence-corrected chi connectivity index (χ0v) is 19.2. The Balaban J connectivity index is 1.33. The molecule has 0 bridgehead atoms. The molecule has 5 nitrogen and oxygen atoms in total. The first kappa shape index (κ1) is 23.4. The van der Waals surface area contributed by atoms with E-state index in [0.29, 0.717) is 48.5 Å². The highest BCUT2D eigenvalue weighted by Gasteiger charge is 2.38. The quantitative estimate of drug-likeness (QED) is 0.570. The molecule has 32 heavy (non-hydrogen) atoms. The lowest BCUT2D eigenvalue weighted by Crippen LogP contribution is -2.50. The lowest BCUT2D eigenvalue weighted by Gasteiger charge is -2.36. The van der Waals surface area contributed by atoms with E-state index >= 15 is 0 Å². The Morgan fingerprint density at radius 1 is 1.12 bits per heavy atom. The van der Waals surface area contributed by atoms with Gasteiger partial charge in [0.05, 0.1) is 22.5 Å². The molecule has 174 valence electrons. The molecule has 1 amide bonds. The number of halogens is 5. The van der Waals surface area contributed by atoms with Crippen molar-refractivity contribution in [3.8, 4) is 0 Å². The topological polar surface area (TPSA) is 41.4 Å². The summed E-state index contributed by atoms with van der Waals surface area (Å²) in [5.41, 5.74) is 0.762. The minimum absolute atomic E-state index is 0.0509. The summed E-state index contributed by atoms with van der Waals surface area (Å²) in [6, 6.07) is 6.69. The van der Waals surface area contributed by atoms with Gasteiger partial charge in [-0.1, -0.05) is 36.2 Å². The third-order valence-electron chi connectivity index (χ3n) is 6.04. The zero-order valence-electron chi connectivity index (χ0n) is 17.7. The Hall–Kier alpha value is -1.77. The number of amides is 1. The van der Waals surface area contributed by atoms with Gasteiger partial charge in [0.1, 0.15) is 0 Å². The van der Waals surface area contributed by atoms with Gasteiger partial charge in [0.2, 0.25) is 5.91 Å². The van der Waals surface area contributed by atoms with Crippen molar-refractivity contribution in [3.05, 3.63) is 51.3 Å². The fourth-order valence-electron chi connectivity index (χ4n) is 4.10. The number of piperazine rings is 1. The van der Waals surface area contributed by atoms with Crippen LogP contribution in [0, 0.1) is 5.92 Å².